The number of aromatic nitrogens is 2. The molecule has 1 aromatic carbocycles. The number of nitrogens with two attached hydrogens (primary N) is 1. The van der Waals surface area contributed by atoms with E-state index in [9.17, 15) is 10.1 Å². The maximum absolute atomic E-state index is 10.7. The van der Waals surface area contributed by atoms with Crippen molar-refractivity contribution in [2.45, 2.75) is 6.54 Å². The minimum Gasteiger partial charge on any atom is -0.384 e. The third kappa shape index (κ3) is 2.70. The van der Waals surface area contributed by atoms with Gasteiger partial charge < -0.3 is 11.1 Å². The first-order valence-corrected chi connectivity index (χ1v) is 6.11. The molecule has 0 unspecified atom stereocenters. The number of hydrogen-bond acceptors (Lipinski definition) is 5. The van der Waals surface area contributed by atoms with Gasteiger partial charge in [-0.15, -0.1) is 0 Å². The number of benzene rings is 1. The van der Waals surface area contributed by atoms with Gasteiger partial charge in [-0.2, -0.15) is 5.10 Å². The molecular formula is C10H10IN5O2. The Morgan fingerprint density at radius 2 is 2.33 bits per heavy atom. The first-order chi connectivity index (χ1) is 8.58. The van der Waals surface area contributed by atoms with E-state index >= 15 is 0 Å². The van der Waals surface area contributed by atoms with Gasteiger partial charge in [-0.3, -0.25) is 15.2 Å². The molecule has 94 valence electrons. The number of hydrogen-bond donors (Lipinski definition) is 3. The Balaban J connectivity index is 2.09. The van der Waals surface area contributed by atoms with Gasteiger partial charge in [0.2, 0.25) is 0 Å². The molecule has 0 aliphatic heterocycles. The zero-order chi connectivity index (χ0) is 13.1. The lowest BCUT2D eigenvalue weighted by Gasteiger charge is -2.06. The van der Waals surface area contributed by atoms with E-state index in [0.29, 0.717) is 15.9 Å². The molecule has 4 N–H and O–H groups in total. The molecule has 0 atom stereocenters. The fourth-order valence-corrected chi connectivity index (χ4v) is 2.14. The summed E-state index contributed by atoms with van der Waals surface area (Å²) >= 11 is 1.94. The van der Waals surface area contributed by atoms with Crippen LogP contribution in [0.15, 0.2) is 24.4 Å². The van der Waals surface area contributed by atoms with Crippen molar-refractivity contribution in [3.8, 4) is 0 Å². The van der Waals surface area contributed by atoms with Crippen molar-refractivity contribution in [3.05, 3.63) is 43.6 Å². The van der Waals surface area contributed by atoms with Crippen LogP contribution in [0.1, 0.15) is 5.56 Å². The molecule has 8 heteroatoms. The van der Waals surface area contributed by atoms with Gasteiger partial charge in [-0.05, 0) is 34.7 Å². The summed E-state index contributed by atoms with van der Waals surface area (Å²) in [6, 6.07) is 4.86. The minimum absolute atomic E-state index is 0.101. The highest BCUT2D eigenvalue weighted by Crippen LogP contribution is 2.24. The van der Waals surface area contributed by atoms with Gasteiger partial charge in [0, 0.05) is 23.9 Å². The highest BCUT2D eigenvalue weighted by Gasteiger charge is 2.11. The van der Waals surface area contributed by atoms with Crippen LogP contribution in [0.2, 0.25) is 0 Å². The third-order valence-corrected chi connectivity index (χ3v) is 3.24. The topological polar surface area (TPSA) is 110 Å². The average molecular weight is 359 g/mol. The van der Waals surface area contributed by atoms with Crippen molar-refractivity contribution >= 4 is 39.8 Å². The molecule has 0 spiro atoms. The van der Waals surface area contributed by atoms with E-state index in [0.717, 1.165) is 11.3 Å². The molecule has 7 nitrogen and oxygen atoms in total. The van der Waals surface area contributed by atoms with E-state index in [4.69, 9.17) is 5.73 Å². The standard InChI is InChI=1S/C10H10IN5O2/c11-8-3-7(1-2-9(8)16(17)18)13-4-6-5-14-15-10(6)12/h1-3,5,13H,4H2,(H3,12,14,15). The van der Waals surface area contributed by atoms with Crippen LogP contribution < -0.4 is 11.1 Å². The summed E-state index contributed by atoms with van der Waals surface area (Å²) in [6.45, 7) is 0.510. The molecule has 0 amide bonds. The fraction of sp³-hybridized carbons (Fsp3) is 0.100. The zero-order valence-corrected chi connectivity index (χ0v) is 11.3. The molecule has 0 aliphatic carbocycles. The molecule has 0 bridgehead atoms. The molecule has 1 heterocycles. The number of halogens is 1. The van der Waals surface area contributed by atoms with E-state index in [1.807, 2.05) is 22.6 Å². The number of anilines is 2. The highest BCUT2D eigenvalue weighted by atomic mass is 127. The summed E-state index contributed by atoms with van der Waals surface area (Å²) in [4.78, 5) is 10.3. The number of rotatable bonds is 4. The lowest BCUT2D eigenvalue weighted by molar-refractivity contribution is -0.385. The second-order valence-corrected chi connectivity index (χ2v) is 4.75. The van der Waals surface area contributed by atoms with Gasteiger partial charge in [0.05, 0.1) is 14.7 Å². The summed E-state index contributed by atoms with van der Waals surface area (Å²) in [7, 11) is 0. The van der Waals surface area contributed by atoms with Crippen molar-refractivity contribution in [2.75, 3.05) is 11.1 Å². The van der Waals surface area contributed by atoms with Crippen LogP contribution in [0.3, 0.4) is 0 Å². The number of H-pyrrole nitrogens is 1. The molecule has 0 saturated heterocycles. The summed E-state index contributed by atoms with van der Waals surface area (Å²) in [5, 5.41) is 20.2. The number of nitrogen functional groups attached to an aromatic ring is 1. The number of nitro benzene ring substituents is 1. The Morgan fingerprint density at radius 3 is 2.89 bits per heavy atom. The molecule has 1 aromatic heterocycles. The summed E-state index contributed by atoms with van der Waals surface area (Å²) < 4.78 is 0.586. The summed E-state index contributed by atoms with van der Waals surface area (Å²) in [5.41, 5.74) is 7.40. The fourth-order valence-electron chi connectivity index (χ4n) is 1.42. The molecule has 2 rings (SSSR count). The molecule has 0 radical (unpaired) electrons. The summed E-state index contributed by atoms with van der Waals surface area (Å²) in [6.07, 6.45) is 1.64. The van der Waals surface area contributed by atoms with E-state index in [1.54, 1.807) is 18.3 Å². The Bertz CT molecular complexity index is 583. The van der Waals surface area contributed by atoms with Crippen LogP contribution in [0.5, 0.6) is 0 Å². The van der Waals surface area contributed by atoms with Gasteiger partial charge in [0.15, 0.2) is 0 Å². The van der Waals surface area contributed by atoms with Gasteiger partial charge in [0.1, 0.15) is 5.82 Å². The van der Waals surface area contributed by atoms with Crippen LogP contribution in [-0.2, 0) is 6.54 Å². The Morgan fingerprint density at radius 1 is 1.56 bits per heavy atom. The molecular weight excluding hydrogens is 349 g/mol. The van der Waals surface area contributed by atoms with Gasteiger partial charge in [0.25, 0.3) is 5.69 Å². The van der Waals surface area contributed by atoms with Gasteiger partial charge in [-0.1, -0.05) is 0 Å². The molecule has 0 aliphatic rings. The lowest BCUT2D eigenvalue weighted by Crippen LogP contribution is -2.02. The normalized spacial score (nSPS) is 10.3. The SMILES string of the molecule is Nc1[nH]ncc1CNc1ccc([N+](=O)[O-])c(I)c1. The lowest BCUT2D eigenvalue weighted by atomic mass is 10.2. The molecule has 18 heavy (non-hydrogen) atoms. The second kappa shape index (κ2) is 5.21. The van der Waals surface area contributed by atoms with Crippen molar-refractivity contribution in [1.82, 2.24) is 10.2 Å². The average Bonchev–Trinajstić information content (AvgIpc) is 2.72. The molecule has 0 fully saturated rings. The summed E-state index contributed by atoms with van der Waals surface area (Å²) in [5.74, 6) is 0.513. The number of nitro groups is 1. The van der Waals surface area contributed by atoms with Crippen LogP contribution >= 0.6 is 22.6 Å². The van der Waals surface area contributed by atoms with Crippen LogP contribution in [-0.4, -0.2) is 15.1 Å². The zero-order valence-electron chi connectivity index (χ0n) is 9.18. The number of aromatic amines is 1. The first-order valence-electron chi connectivity index (χ1n) is 5.03. The van der Waals surface area contributed by atoms with Crippen molar-refractivity contribution in [1.29, 1.82) is 0 Å². The Kier molecular flexibility index (Phi) is 3.65. The van der Waals surface area contributed by atoms with Crippen LogP contribution in [0, 0.1) is 13.7 Å². The van der Waals surface area contributed by atoms with Gasteiger partial charge in [-0.25, -0.2) is 0 Å². The predicted molar refractivity (Wildman–Crippen MR) is 76.1 cm³/mol. The van der Waals surface area contributed by atoms with E-state index in [-0.39, 0.29) is 5.69 Å². The maximum Gasteiger partial charge on any atom is 0.282 e. The monoisotopic (exact) mass is 359 g/mol. The quantitative estimate of drug-likeness (QED) is 0.440. The van der Waals surface area contributed by atoms with E-state index in [2.05, 4.69) is 15.5 Å². The largest absolute Gasteiger partial charge is 0.384 e. The Hall–Kier alpha value is -1.84. The number of nitrogens with zero attached hydrogens (tertiary/aromatic N) is 2. The van der Waals surface area contributed by atoms with Crippen molar-refractivity contribution in [3.63, 3.8) is 0 Å². The molecule has 2 aromatic rings. The van der Waals surface area contributed by atoms with Gasteiger partial charge >= 0.3 is 0 Å². The predicted octanol–water partition coefficient (Wildman–Crippen LogP) is 2.12. The van der Waals surface area contributed by atoms with E-state index < -0.39 is 4.92 Å². The maximum atomic E-state index is 10.7. The van der Waals surface area contributed by atoms with E-state index in [1.165, 1.54) is 6.07 Å². The van der Waals surface area contributed by atoms with Crippen LogP contribution in [0.4, 0.5) is 17.2 Å². The van der Waals surface area contributed by atoms with Crippen molar-refractivity contribution in [2.24, 2.45) is 0 Å². The smallest absolute Gasteiger partial charge is 0.282 e. The number of nitrogens with one attached hydrogen (secondary N) is 2. The molecule has 0 saturated carbocycles. The highest BCUT2D eigenvalue weighted by molar-refractivity contribution is 14.1. The third-order valence-electron chi connectivity index (χ3n) is 2.38. The second-order valence-electron chi connectivity index (χ2n) is 3.59. The van der Waals surface area contributed by atoms with Crippen LogP contribution in [0.25, 0.3) is 0 Å². The first kappa shape index (κ1) is 12.6. The Labute approximate surface area is 116 Å². The minimum atomic E-state index is -0.403. The van der Waals surface area contributed by atoms with Crippen molar-refractivity contribution < 1.29 is 4.92 Å².